The molecule has 0 amide bonds. The van der Waals surface area contributed by atoms with Crippen molar-refractivity contribution in [1.82, 2.24) is 0 Å². The molecule has 2 aromatic rings. The lowest BCUT2D eigenvalue weighted by atomic mass is 10.2. The number of nitrogens with zero attached hydrogens (tertiary/aromatic N) is 3. The molecule has 12 heteroatoms. The summed E-state index contributed by atoms with van der Waals surface area (Å²) in [5, 5.41) is 6.70. The van der Waals surface area contributed by atoms with Gasteiger partial charge in [-0.05, 0) is 38.1 Å². The normalized spacial score (nSPS) is 24.9. The fourth-order valence-corrected chi connectivity index (χ4v) is 12.2. The Morgan fingerprint density at radius 3 is 1.33 bits per heavy atom. The zero-order valence-corrected chi connectivity index (χ0v) is 20.6. The Kier molecular flexibility index (Phi) is 7.26. The van der Waals surface area contributed by atoms with Crippen molar-refractivity contribution < 1.29 is 18.1 Å². The minimum absolute atomic E-state index is 0.819. The van der Waals surface area contributed by atoms with Gasteiger partial charge in [0.1, 0.15) is 0 Å². The molecular weight excluding hydrogens is 443 g/mol. The first-order valence-electron chi connectivity index (χ1n) is 9.15. The van der Waals surface area contributed by atoms with Crippen molar-refractivity contribution in [3.05, 3.63) is 59.7 Å². The van der Waals surface area contributed by atoms with Gasteiger partial charge in [-0.3, -0.25) is 0 Å². The topological polar surface area (TPSA) is 98.1 Å². The van der Waals surface area contributed by atoms with Gasteiger partial charge in [0.05, 0.1) is 0 Å². The van der Waals surface area contributed by atoms with E-state index in [0.29, 0.717) is 0 Å². The van der Waals surface area contributed by atoms with Crippen molar-refractivity contribution >= 4 is 34.2 Å². The number of rotatable bonds is 8. The van der Waals surface area contributed by atoms with Crippen LogP contribution in [0.3, 0.4) is 0 Å². The summed E-state index contributed by atoms with van der Waals surface area (Å²) >= 11 is 0. The van der Waals surface area contributed by atoms with E-state index in [1.807, 2.05) is 62.4 Å². The Bertz CT molecular complexity index is 991. The zero-order chi connectivity index (χ0) is 21.8. The second-order valence-corrected chi connectivity index (χ2v) is 13.7. The van der Waals surface area contributed by atoms with Crippen LogP contribution in [0.15, 0.2) is 62.1 Å². The molecule has 2 atom stereocenters. The van der Waals surface area contributed by atoms with Gasteiger partial charge in [-0.1, -0.05) is 35.4 Å². The molecule has 0 aromatic heterocycles. The van der Waals surface area contributed by atoms with Gasteiger partial charge >= 0.3 is 22.8 Å². The SMILES string of the molecule is COP1(OC)=N[P@](Nc2ccc(C)cc2)(OC)=N[P@@](Nc2ccc(C)cc2)(OC)=N1. The summed E-state index contributed by atoms with van der Waals surface area (Å²) < 4.78 is 37.4. The predicted octanol–water partition coefficient (Wildman–Crippen LogP) is 7.27. The van der Waals surface area contributed by atoms with Gasteiger partial charge in [-0.15, -0.1) is 9.03 Å². The maximum absolute atomic E-state index is 5.87. The lowest BCUT2D eigenvalue weighted by Gasteiger charge is -2.33. The van der Waals surface area contributed by atoms with E-state index < -0.39 is 22.8 Å². The minimum atomic E-state index is -3.04. The van der Waals surface area contributed by atoms with Crippen LogP contribution in [0.5, 0.6) is 0 Å². The van der Waals surface area contributed by atoms with Crippen molar-refractivity contribution in [2.75, 3.05) is 38.6 Å². The number of hydrogen-bond donors (Lipinski definition) is 2. The molecule has 9 nitrogen and oxygen atoms in total. The van der Waals surface area contributed by atoms with Crippen LogP contribution in [0.1, 0.15) is 11.1 Å². The van der Waals surface area contributed by atoms with Crippen LogP contribution >= 0.6 is 22.8 Å². The Morgan fingerprint density at radius 1 is 0.567 bits per heavy atom. The second kappa shape index (κ2) is 9.37. The summed E-state index contributed by atoms with van der Waals surface area (Å²) in [4.78, 5) is 0. The maximum Gasteiger partial charge on any atom is 0.347 e. The van der Waals surface area contributed by atoms with E-state index in [1.165, 1.54) is 14.2 Å². The Balaban J connectivity index is 2.17. The quantitative estimate of drug-likeness (QED) is 0.393. The van der Waals surface area contributed by atoms with E-state index in [2.05, 4.69) is 10.2 Å². The molecule has 2 N–H and O–H groups in total. The molecule has 164 valence electrons. The van der Waals surface area contributed by atoms with Crippen LogP contribution in [0.2, 0.25) is 0 Å². The monoisotopic (exact) mass is 471 g/mol. The van der Waals surface area contributed by atoms with Crippen LogP contribution in [-0.2, 0) is 18.1 Å². The van der Waals surface area contributed by atoms with Crippen LogP contribution in [0, 0.1) is 13.8 Å². The van der Waals surface area contributed by atoms with Gasteiger partial charge in [0.15, 0.2) is 0 Å². The number of benzene rings is 2. The molecule has 0 fully saturated rings. The first-order chi connectivity index (χ1) is 14.3. The minimum Gasteiger partial charge on any atom is -0.315 e. The summed E-state index contributed by atoms with van der Waals surface area (Å²) in [6.45, 7) is 4.05. The van der Waals surface area contributed by atoms with Gasteiger partial charge in [-0.25, -0.2) is 0 Å². The maximum atomic E-state index is 5.87. The van der Waals surface area contributed by atoms with Crippen molar-refractivity contribution in [2.45, 2.75) is 13.8 Å². The molecule has 0 spiro atoms. The molecule has 1 aliphatic rings. The van der Waals surface area contributed by atoms with E-state index in [4.69, 9.17) is 31.6 Å². The van der Waals surface area contributed by atoms with E-state index in [0.717, 1.165) is 22.5 Å². The van der Waals surface area contributed by atoms with Gasteiger partial charge in [-0.2, -0.15) is 4.52 Å². The Hall–Kier alpha value is -1.43. The Labute approximate surface area is 178 Å². The number of anilines is 2. The summed E-state index contributed by atoms with van der Waals surface area (Å²) in [5.74, 6) is 0. The molecule has 0 bridgehead atoms. The molecular formula is C18H28N5O4P3. The van der Waals surface area contributed by atoms with Gasteiger partial charge in [0.25, 0.3) is 0 Å². The zero-order valence-electron chi connectivity index (χ0n) is 17.9. The summed E-state index contributed by atoms with van der Waals surface area (Å²) in [7, 11) is -2.85. The van der Waals surface area contributed by atoms with Gasteiger partial charge in [0.2, 0.25) is 0 Å². The fraction of sp³-hybridized carbons (Fsp3) is 0.333. The highest BCUT2D eigenvalue weighted by Crippen LogP contribution is 2.78. The van der Waals surface area contributed by atoms with E-state index in [-0.39, 0.29) is 0 Å². The summed E-state index contributed by atoms with van der Waals surface area (Å²) in [6, 6.07) is 15.8. The fourth-order valence-electron chi connectivity index (χ4n) is 2.66. The van der Waals surface area contributed by atoms with Crippen molar-refractivity contribution in [2.24, 2.45) is 13.5 Å². The number of hydrogen-bond acceptors (Lipinski definition) is 9. The Morgan fingerprint density at radius 2 is 0.967 bits per heavy atom. The van der Waals surface area contributed by atoms with Crippen LogP contribution in [0.4, 0.5) is 11.4 Å². The average Bonchev–Trinajstić information content (AvgIpc) is 2.77. The van der Waals surface area contributed by atoms with E-state index in [1.54, 1.807) is 14.2 Å². The summed E-state index contributed by atoms with van der Waals surface area (Å²) in [5.41, 5.74) is 3.93. The van der Waals surface area contributed by atoms with E-state index >= 15 is 0 Å². The van der Waals surface area contributed by atoms with Crippen LogP contribution < -0.4 is 10.2 Å². The second-order valence-electron chi connectivity index (χ2n) is 6.53. The molecule has 0 aliphatic carbocycles. The molecule has 1 aliphatic heterocycles. The standard InChI is InChI=1S/C18H28N5O4P3/c1-15-7-11-17(12-8-15)19-28(24-3)21-29(25-4,23-30(22-28,26-5)27-6)20-18-13-9-16(2)10-14-18/h7-14,19-20H,1-6H3/t28-,29-/m1/s1. The van der Waals surface area contributed by atoms with Crippen molar-refractivity contribution in [3.8, 4) is 0 Å². The highest BCUT2D eigenvalue weighted by molar-refractivity contribution is 7.82. The summed E-state index contributed by atoms with van der Waals surface area (Å²) in [6.07, 6.45) is 0. The molecule has 2 aromatic carbocycles. The first kappa shape index (κ1) is 23.2. The van der Waals surface area contributed by atoms with Crippen molar-refractivity contribution in [1.29, 1.82) is 0 Å². The molecule has 3 rings (SSSR count). The largest absolute Gasteiger partial charge is 0.347 e. The third-order valence-electron chi connectivity index (χ3n) is 4.35. The predicted molar refractivity (Wildman–Crippen MR) is 126 cm³/mol. The lowest BCUT2D eigenvalue weighted by molar-refractivity contribution is 0.328. The smallest absolute Gasteiger partial charge is 0.315 e. The molecule has 0 unspecified atom stereocenters. The molecule has 0 radical (unpaired) electrons. The number of nitrogens with one attached hydrogen (secondary N) is 2. The van der Waals surface area contributed by atoms with E-state index in [9.17, 15) is 0 Å². The van der Waals surface area contributed by atoms with Crippen molar-refractivity contribution in [3.63, 3.8) is 0 Å². The average molecular weight is 471 g/mol. The van der Waals surface area contributed by atoms with Gasteiger partial charge in [0, 0.05) is 39.8 Å². The third-order valence-corrected chi connectivity index (χ3v) is 13.1. The highest BCUT2D eigenvalue weighted by atomic mass is 31.3. The molecule has 0 saturated carbocycles. The van der Waals surface area contributed by atoms with Gasteiger partial charge < -0.3 is 28.3 Å². The first-order valence-corrected chi connectivity index (χ1v) is 13.9. The number of aryl methyl sites for hydroxylation is 2. The third kappa shape index (κ3) is 5.06. The highest BCUT2D eigenvalue weighted by Gasteiger charge is 2.39. The molecule has 1 heterocycles. The van der Waals surface area contributed by atoms with Crippen LogP contribution in [-0.4, -0.2) is 28.4 Å². The molecule has 0 saturated heterocycles. The van der Waals surface area contributed by atoms with Crippen LogP contribution in [0.25, 0.3) is 0 Å². The lowest BCUT2D eigenvalue weighted by Crippen LogP contribution is -2.06. The molecule has 30 heavy (non-hydrogen) atoms.